The number of rotatable bonds is 5. The third kappa shape index (κ3) is 3.45. The SMILES string of the molecule is CCCCC1=NNC(=O)C(SC)C1=Nc1ccncc1. The summed E-state index contributed by atoms with van der Waals surface area (Å²) in [5.74, 6) is -0.106. The van der Waals surface area contributed by atoms with E-state index in [4.69, 9.17) is 0 Å². The Balaban J connectivity index is 2.35. The highest BCUT2D eigenvalue weighted by atomic mass is 32.2. The number of unbranched alkanes of at least 4 members (excludes halogenated alkanes) is 1. The lowest BCUT2D eigenvalue weighted by atomic mass is 10.0. The normalized spacial score (nSPS) is 20.7. The van der Waals surface area contributed by atoms with Crippen molar-refractivity contribution in [2.75, 3.05) is 6.26 Å². The summed E-state index contributed by atoms with van der Waals surface area (Å²) in [4.78, 5) is 20.5. The van der Waals surface area contributed by atoms with Gasteiger partial charge in [0.2, 0.25) is 0 Å². The molecule has 0 aliphatic carbocycles. The number of pyridine rings is 1. The third-order valence-electron chi connectivity index (χ3n) is 3.00. The van der Waals surface area contributed by atoms with E-state index in [2.05, 4.69) is 27.4 Å². The zero-order valence-corrected chi connectivity index (χ0v) is 12.5. The number of hydrogen-bond donors (Lipinski definition) is 1. The monoisotopic (exact) mass is 290 g/mol. The molecule has 6 heteroatoms. The van der Waals surface area contributed by atoms with Crippen molar-refractivity contribution >= 4 is 34.8 Å². The Morgan fingerprint density at radius 3 is 2.80 bits per heavy atom. The Morgan fingerprint density at radius 2 is 2.15 bits per heavy atom. The molecule has 0 radical (unpaired) electrons. The van der Waals surface area contributed by atoms with E-state index in [1.165, 1.54) is 11.8 Å². The summed E-state index contributed by atoms with van der Waals surface area (Å²) in [6.45, 7) is 2.13. The maximum Gasteiger partial charge on any atom is 0.259 e. The molecule has 0 bridgehead atoms. The molecule has 2 rings (SSSR count). The van der Waals surface area contributed by atoms with Gasteiger partial charge >= 0.3 is 0 Å². The first-order valence-corrected chi connectivity index (χ1v) is 7.93. The summed E-state index contributed by atoms with van der Waals surface area (Å²) in [5, 5.41) is 3.88. The van der Waals surface area contributed by atoms with E-state index in [9.17, 15) is 4.79 Å². The van der Waals surface area contributed by atoms with Crippen LogP contribution < -0.4 is 5.43 Å². The standard InChI is InChI=1S/C14H18N4OS/c1-3-4-5-11-12(13(20-2)14(19)18-17-11)16-10-6-8-15-9-7-10/h6-9,13H,3-5H2,1-2H3,(H,18,19). The molecule has 1 aliphatic heterocycles. The number of hydrogen-bond acceptors (Lipinski definition) is 5. The van der Waals surface area contributed by atoms with Crippen LogP contribution in [0, 0.1) is 0 Å². The molecular weight excluding hydrogens is 272 g/mol. The molecular formula is C14H18N4OS. The Morgan fingerprint density at radius 1 is 1.40 bits per heavy atom. The number of carbonyl (C=O) groups is 1. The summed E-state index contributed by atoms with van der Waals surface area (Å²) >= 11 is 1.48. The fourth-order valence-electron chi connectivity index (χ4n) is 1.94. The first kappa shape index (κ1) is 14.7. The Bertz CT molecular complexity index is 527. The molecule has 1 atom stereocenters. The Labute approximate surface area is 123 Å². The summed E-state index contributed by atoms with van der Waals surface area (Å²) in [5.41, 5.74) is 5.03. The highest BCUT2D eigenvalue weighted by molar-refractivity contribution is 8.00. The van der Waals surface area contributed by atoms with Crippen molar-refractivity contribution in [1.82, 2.24) is 10.4 Å². The van der Waals surface area contributed by atoms with Crippen molar-refractivity contribution in [1.29, 1.82) is 0 Å². The van der Waals surface area contributed by atoms with Gasteiger partial charge in [-0.05, 0) is 31.2 Å². The maximum absolute atomic E-state index is 11.9. The smallest absolute Gasteiger partial charge is 0.259 e. The van der Waals surface area contributed by atoms with Crippen LogP contribution in [-0.4, -0.2) is 33.8 Å². The first-order chi connectivity index (χ1) is 9.76. The van der Waals surface area contributed by atoms with Gasteiger partial charge in [-0.1, -0.05) is 13.3 Å². The number of nitrogens with zero attached hydrogens (tertiary/aromatic N) is 3. The second-order valence-electron chi connectivity index (χ2n) is 4.46. The number of hydrazone groups is 1. The van der Waals surface area contributed by atoms with Crippen LogP contribution in [0.15, 0.2) is 34.6 Å². The fraction of sp³-hybridized carbons (Fsp3) is 0.429. The number of carbonyl (C=O) groups excluding carboxylic acids is 1. The second-order valence-corrected chi connectivity index (χ2v) is 5.40. The van der Waals surface area contributed by atoms with Gasteiger partial charge in [0.1, 0.15) is 5.25 Å². The van der Waals surface area contributed by atoms with Crippen molar-refractivity contribution in [2.45, 2.75) is 31.4 Å². The van der Waals surface area contributed by atoms with Crippen LogP contribution in [0.2, 0.25) is 0 Å². The minimum atomic E-state index is -0.299. The van der Waals surface area contributed by atoms with E-state index < -0.39 is 0 Å². The van der Waals surface area contributed by atoms with E-state index >= 15 is 0 Å². The average Bonchev–Trinajstić information content (AvgIpc) is 2.48. The summed E-state index contributed by atoms with van der Waals surface area (Å²) < 4.78 is 0. The first-order valence-electron chi connectivity index (χ1n) is 6.64. The van der Waals surface area contributed by atoms with Gasteiger partial charge in [0.25, 0.3) is 5.91 Å². The number of aliphatic imine (C=N–C) groups is 1. The van der Waals surface area contributed by atoms with Crippen LogP contribution >= 0.6 is 11.8 Å². The third-order valence-corrected chi connectivity index (χ3v) is 3.91. The van der Waals surface area contributed by atoms with Crippen molar-refractivity contribution in [2.24, 2.45) is 10.1 Å². The van der Waals surface area contributed by atoms with Gasteiger partial charge in [-0.15, -0.1) is 11.8 Å². The number of aromatic nitrogens is 1. The van der Waals surface area contributed by atoms with Gasteiger partial charge in [0.05, 0.1) is 17.1 Å². The molecule has 0 saturated heterocycles. The minimum absolute atomic E-state index is 0.106. The van der Waals surface area contributed by atoms with Gasteiger partial charge < -0.3 is 0 Å². The highest BCUT2D eigenvalue weighted by Gasteiger charge is 2.30. The van der Waals surface area contributed by atoms with E-state index in [0.717, 1.165) is 36.4 Å². The molecule has 1 N–H and O–H groups in total. The van der Waals surface area contributed by atoms with Crippen LogP contribution in [0.3, 0.4) is 0 Å². The number of amides is 1. The number of nitrogens with one attached hydrogen (secondary N) is 1. The summed E-state index contributed by atoms with van der Waals surface area (Å²) in [6.07, 6.45) is 8.25. The van der Waals surface area contributed by atoms with Gasteiger partial charge in [-0.2, -0.15) is 5.10 Å². The molecule has 1 aliphatic rings. The van der Waals surface area contributed by atoms with E-state index in [0.29, 0.717) is 0 Å². The maximum atomic E-state index is 11.9. The molecule has 0 saturated carbocycles. The molecule has 1 amide bonds. The number of thioether (sulfide) groups is 1. The van der Waals surface area contributed by atoms with Gasteiger partial charge in [-0.25, -0.2) is 10.4 Å². The predicted molar refractivity (Wildman–Crippen MR) is 83.7 cm³/mol. The highest BCUT2D eigenvalue weighted by Crippen LogP contribution is 2.20. The zero-order chi connectivity index (χ0) is 14.4. The molecule has 0 aromatic carbocycles. The van der Waals surface area contributed by atoms with E-state index in [1.807, 2.05) is 18.4 Å². The topological polar surface area (TPSA) is 66.7 Å². The zero-order valence-electron chi connectivity index (χ0n) is 11.7. The molecule has 5 nitrogen and oxygen atoms in total. The van der Waals surface area contributed by atoms with Gasteiger partial charge in [0.15, 0.2) is 0 Å². The fourth-order valence-corrected chi connectivity index (χ4v) is 2.62. The lowest BCUT2D eigenvalue weighted by Gasteiger charge is -2.22. The summed E-state index contributed by atoms with van der Waals surface area (Å²) in [7, 11) is 0. The predicted octanol–water partition coefficient (Wildman–Crippen LogP) is 2.56. The molecule has 106 valence electrons. The van der Waals surface area contributed by atoms with Crippen molar-refractivity contribution in [3.63, 3.8) is 0 Å². The van der Waals surface area contributed by atoms with Gasteiger partial charge in [-0.3, -0.25) is 9.78 Å². The molecule has 2 heterocycles. The van der Waals surface area contributed by atoms with E-state index in [-0.39, 0.29) is 11.2 Å². The van der Waals surface area contributed by atoms with Crippen molar-refractivity contribution in [3.05, 3.63) is 24.5 Å². The van der Waals surface area contributed by atoms with Gasteiger partial charge in [0, 0.05) is 12.4 Å². The summed E-state index contributed by atoms with van der Waals surface area (Å²) in [6, 6.07) is 3.66. The largest absolute Gasteiger partial charge is 0.271 e. The minimum Gasteiger partial charge on any atom is -0.271 e. The lowest BCUT2D eigenvalue weighted by Crippen LogP contribution is -2.44. The van der Waals surface area contributed by atoms with Crippen LogP contribution in [0.5, 0.6) is 0 Å². The Hall–Kier alpha value is -1.69. The lowest BCUT2D eigenvalue weighted by molar-refractivity contribution is -0.119. The molecule has 1 aromatic heterocycles. The van der Waals surface area contributed by atoms with E-state index in [1.54, 1.807) is 12.4 Å². The van der Waals surface area contributed by atoms with Crippen LogP contribution in [0.1, 0.15) is 26.2 Å². The molecule has 0 fully saturated rings. The Kier molecular flexibility index (Phi) is 5.29. The molecule has 1 unspecified atom stereocenters. The molecule has 0 spiro atoms. The van der Waals surface area contributed by atoms with Crippen molar-refractivity contribution in [3.8, 4) is 0 Å². The van der Waals surface area contributed by atoms with Crippen LogP contribution in [0.4, 0.5) is 5.69 Å². The quantitative estimate of drug-likeness (QED) is 0.906. The van der Waals surface area contributed by atoms with Crippen LogP contribution in [0.25, 0.3) is 0 Å². The molecule has 1 aromatic rings. The van der Waals surface area contributed by atoms with Crippen molar-refractivity contribution < 1.29 is 4.79 Å². The second kappa shape index (κ2) is 7.19. The average molecular weight is 290 g/mol. The van der Waals surface area contributed by atoms with Crippen LogP contribution in [-0.2, 0) is 4.79 Å². The molecule has 20 heavy (non-hydrogen) atoms.